The molecule has 0 amide bonds. The Morgan fingerprint density at radius 2 is 1.93 bits per heavy atom. The fourth-order valence-electron chi connectivity index (χ4n) is 2.27. The van der Waals surface area contributed by atoms with E-state index in [4.69, 9.17) is 0 Å². The Kier molecular flexibility index (Phi) is 1.54. The van der Waals surface area contributed by atoms with E-state index in [9.17, 15) is 0 Å². The molecule has 1 aromatic heterocycles. The van der Waals surface area contributed by atoms with Gasteiger partial charge in [-0.3, -0.25) is 0 Å². The summed E-state index contributed by atoms with van der Waals surface area (Å²) in [5, 5.41) is 0. The van der Waals surface area contributed by atoms with Gasteiger partial charge in [-0.15, -0.1) is 0 Å². The fraction of sp³-hybridized carbons (Fsp3) is 0.231. The average molecular weight is 183 g/mol. The van der Waals surface area contributed by atoms with Gasteiger partial charge in [0.15, 0.2) is 0 Å². The lowest BCUT2D eigenvalue weighted by Crippen LogP contribution is -2.12. The molecule has 0 unspecified atom stereocenters. The van der Waals surface area contributed by atoms with Gasteiger partial charge in [-0.05, 0) is 29.7 Å². The van der Waals surface area contributed by atoms with Gasteiger partial charge >= 0.3 is 0 Å². The Morgan fingerprint density at radius 3 is 2.79 bits per heavy atom. The number of hydrogen-bond donors (Lipinski definition) is 0. The van der Waals surface area contributed by atoms with E-state index in [1.807, 2.05) is 0 Å². The topological polar surface area (TPSA) is 4.93 Å². The maximum atomic E-state index is 2.36. The van der Waals surface area contributed by atoms with Crippen LogP contribution in [0.1, 0.15) is 22.4 Å². The number of fused-ring (bicyclic) bond motifs is 2. The molecule has 0 saturated heterocycles. The van der Waals surface area contributed by atoms with Gasteiger partial charge in [-0.25, -0.2) is 0 Å². The lowest BCUT2D eigenvalue weighted by atomic mass is 10.00. The molecule has 3 rings (SSSR count). The molecule has 0 atom stereocenters. The second-order valence-electron chi connectivity index (χ2n) is 4.08. The van der Waals surface area contributed by atoms with E-state index in [2.05, 4.69) is 48.0 Å². The van der Waals surface area contributed by atoms with E-state index in [-0.39, 0.29) is 0 Å². The maximum Gasteiger partial charge on any atom is 0.0475 e. The molecule has 0 bridgehead atoms. The lowest BCUT2D eigenvalue weighted by Gasteiger charge is -2.18. The highest BCUT2D eigenvalue weighted by Crippen LogP contribution is 2.23. The molecule has 1 heteroatoms. The highest BCUT2D eigenvalue weighted by Gasteiger charge is 2.13. The van der Waals surface area contributed by atoms with Gasteiger partial charge in [0.25, 0.3) is 0 Å². The third-order valence-corrected chi connectivity index (χ3v) is 2.95. The van der Waals surface area contributed by atoms with Crippen molar-refractivity contribution in [1.29, 1.82) is 0 Å². The van der Waals surface area contributed by atoms with E-state index in [0.29, 0.717) is 0 Å². The highest BCUT2D eigenvalue weighted by molar-refractivity contribution is 5.36. The van der Waals surface area contributed by atoms with Gasteiger partial charge in [0.05, 0.1) is 0 Å². The Morgan fingerprint density at radius 1 is 1.14 bits per heavy atom. The SMILES string of the molecule is Cc1cc2n(c1)Cc1ccccc1C2. The summed E-state index contributed by atoms with van der Waals surface area (Å²) in [6.45, 7) is 3.20. The molecule has 0 radical (unpaired) electrons. The monoisotopic (exact) mass is 183 g/mol. The molecule has 0 fully saturated rings. The van der Waals surface area contributed by atoms with E-state index < -0.39 is 0 Å². The van der Waals surface area contributed by atoms with Crippen molar-refractivity contribution < 1.29 is 0 Å². The zero-order valence-electron chi connectivity index (χ0n) is 8.33. The molecule has 1 aliphatic heterocycles. The van der Waals surface area contributed by atoms with Crippen LogP contribution in [0, 0.1) is 6.92 Å². The van der Waals surface area contributed by atoms with Crippen LogP contribution in [-0.2, 0) is 13.0 Å². The largest absolute Gasteiger partial charge is 0.346 e. The Balaban J connectivity index is 2.12. The molecule has 14 heavy (non-hydrogen) atoms. The van der Waals surface area contributed by atoms with Crippen LogP contribution in [0.5, 0.6) is 0 Å². The van der Waals surface area contributed by atoms with Crippen molar-refractivity contribution in [3.63, 3.8) is 0 Å². The third-order valence-electron chi connectivity index (χ3n) is 2.95. The zero-order chi connectivity index (χ0) is 9.54. The maximum absolute atomic E-state index is 2.36. The summed E-state index contributed by atoms with van der Waals surface area (Å²) in [7, 11) is 0. The van der Waals surface area contributed by atoms with Gasteiger partial charge < -0.3 is 4.57 Å². The number of rotatable bonds is 0. The van der Waals surface area contributed by atoms with Gasteiger partial charge in [-0.1, -0.05) is 24.3 Å². The summed E-state index contributed by atoms with van der Waals surface area (Å²) in [5.41, 5.74) is 5.77. The van der Waals surface area contributed by atoms with Crippen LogP contribution < -0.4 is 0 Å². The second kappa shape index (κ2) is 2.74. The summed E-state index contributed by atoms with van der Waals surface area (Å²) in [6.07, 6.45) is 3.33. The second-order valence-corrected chi connectivity index (χ2v) is 4.08. The standard InChI is InChI=1S/C13H13N/c1-10-6-13-7-11-4-2-3-5-12(11)9-14(13)8-10/h2-6,8H,7,9H2,1H3. The first kappa shape index (κ1) is 7.86. The van der Waals surface area contributed by atoms with Gasteiger partial charge in [-0.2, -0.15) is 0 Å². The molecular weight excluding hydrogens is 170 g/mol. The quantitative estimate of drug-likeness (QED) is 0.505. The van der Waals surface area contributed by atoms with Crippen LogP contribution >= 0.6 is 0 Å². The average Bonchev–Trinajstić information content (AvgIpc) is 2.53. The molecule has 1 aliphatic rings. The number of aryl methyl sites for hydroxylation is 1. The van der Waals surface area contributed by atoms with Gasteiger partial charge in [0.1, 0.15) is 0 Å². The van der Waals surface area contributed by atoms with Crippen LogP contribution in [0.4, 0.5) is 0 Å². The predicted molar refractivity (Wildman–Crippen MR) is 57.5 cm³/mol. The normalized spacial score (nSPS) is 13.5. The molecule has 1 nitrogen and oxygen atoms in total. The summed E-state index contributed by atoms with van der Waals surface area (Å²) >= 11 is 0. The van der Waals surface area contributed by atoms with E-state index in [1.165, 1.54) is 22.4 Å². The minimum atomic E-state index is 1.04. The molecule has 0 saturated carbocycles. The van der Waals surface area contributed by atoms with Crippen molar-refractivity contribution in [1.82, 2.24) is 4.57 Å². The summed E-state index contributed by atoms with van der Waals surface area (Å²) in [4.78, 5) is 0. The van der Waals surface area contributed by atoms with Crippen LogP contribution in [0.3, 0.4) is 0 Å². The number of aromatic nitrogens is 1. The Hall–Kier alpha value is -1.50. The predicted octanol–water partition coefficient (Wildman–Crippen LogP) is 2.75. The van der Waals surface area contributed by atoms with Crippen LogP contribution in [0.2, 0.25) is 0 Å². The first-order valence-corrected chi connectivity index (χ1v) is 5.05. The van der Waals surface area contributed by atoms with Crippen molar-refractivity contribution in [3.8, 4) is 0 Å². The highest BCUT2D eigenvalue weighted by atomic mass is 15.0. The smallest absolute Gasteiger partial charge is 0.0475 e. The first-order valence-electron chi connectivity index (χ1n) is 5.05. The Bertz CT molecular complexity index is 437. The first-order chi connectivity index (χ1) is 6.83. The van der Waals surface area contributed by atoms with Crippen molar-refractivity contribution in [2.45, 2.75) is 19.9 Å². The number of nitrogens with zero attached hydrogens (tertiary/aromatic N) is 1. The van der Waals surface area contributed by atoms with Gasteiger partial charge in [0, 0.05) is 24.9 Å². The minimum absolute atomic E-state index is 1.04. The van der Waals surface area contributed by atoms with Crippen molar-refractivity contribution in [2.75, 3.05) is 0 Å². The van der Waals surface area contributed by atoms with Crippen molar-refractivity contribution in [3.05, 3.63) is 58.9 Å². The fourth-order valence-corrected chi connectivity index (χ4v) is 2.27. The lowest BCUT2D eigenvalue weighted by molar-refractivity contribution is 0.718. The third kappa shape index (κ3) is 1.09. The zero-order valence-corrected chi connectivity index (χ0v) is 8.33. The molecule has 0 aliphatic carbocycles. The van der Waals surface area contributed by atoms with Crippen molar-refractivity contribution >= 4 is 0 Å². The molecule has 0 spiro atoms. The van der Waals surface area contributed by atoms with E-state index in [1.54, 1.807) is 0 Å². The summed E-state index contributed by atoms with van der Waals surface area (Å²) in [6, 6.07) is 11.0. The molecular formula is C13H13N. The Labute approximate surface area is 84.0 Å². The molecule has 70 valence electrons. The van der Waals surface area contributed by atoms with Crippen molar-refractivity contribution in [2.24, 2.45) is 0 Å². The minimum Gasteiger partial charge on any atom is -0.346 e. The van der Waals surface area contributed by atoms with Crippen LogP contribution in [-0.4, -0.2) is 4.57 Å². The van der Waals surface area contributed by atoms with E-state index >= 15 is 0 Å². The van der Waals surface area contributed by atoms with Gasteiger partial charge in [0.2, 0.25) is 0 Å². The van der Waals surface area contributed by atoms with Crippen LogP contribution in [0.25, 0.3) is 0 Å². The summed E-state index contributed by atoms with van der Waals surface area (Å²) < 4.78 is 2.36. The molecule has 1 aromatic carbocycles. The number of hydrogen-bond acceptors (Lipinski definition) is 0. The molecule has 0 N–H and O–H groups in total. The summed E-state index contributed by atoms with van der Waals surface area (Å²) in [5.74, 6) is 0. The van der Waals surface area contributed by atoms with E-state index in [0.717, 1.165) is 13.0 Å². The van der Waals surface area contributed by atoms with Crippen LogP contribution in [0.15, 0.2) is 36.5 Å². The number of benzene rings is 1. The molecule has 2 aromatic rings. The molecule has 2 heterocycles.